The first-order valence-electron chi connectivity index (χ1n) is 22.8. The van der Waals surface area contributed by atoms with E-state index in [0.29, 0.717) is 0 Å². The molecule has 3 aliphatic rings. The van der Waals surface area contributed by atoms with Gasteiger partial charge >= 0.3 is 0 Å². The Kier molecular flexibility index (Phi) is 7.92. The van der Waals surface area contributed by atoms with Gasteiger partial charge < -0.3 is 9.32 Å². The summed E-state index contributed by atoms with van der Waals surface area (Å²) in [6.07, 6.45) is 6.24. The second kappa shape index (κ2) is 13.7. The Hall–Kier alpha value is -7.16. The Bertz CT molecular complexity index is 3470. The number of anilines is 3. The third-order valence-electron chi connectivity index (χ3n) is 15.0. The van der Waals surface area contributed by atoms with Gasteiger partial charge in [0.2, 0.25) is 0 Å². The van der Waals surface area contributed by atoms with Crippen LogP contribution in [0.1, 0.15) is 68.2 Å². The van der Waals surface area contributed by atoms with Gasteiger partial charge in [-0.05, 0) is 134 Å². The van der Waals surface area contributed by atoms with Crippen molar-refractivity contribution in [2.24, 2.45) is 0 Å². The molecular formula is C61H47NO. The molecule has 1 aromatic heterocycles. The van der Waals surface area contributed by atoms with Gasteiger partial charge in [-0.3, -0.25) is 0 Å². The molecule has 2 heteroatoms. The van der Waals surface area contributed by atoms with E-state index in [1.54, 1.807) is 0 Å². The van der Waals surface area contributed by atoms with E-state index in [4.69, 9.17) is 4.42 Å². The van der Waals surface area contributed by atoms with Crippen LogP contribution in [0.3, 0.4) is 0 Å². The Morgan fingerprint density at radius 3 is 1.94 bits per heavy atom. The molecule has 0 atom stereocenters. The molecule has 2 nitrogen and oxygen atoms in total. The number of hydrogen-bond donors (Lipinski definition) is 0. The number of furan rings is 1. The standard InChI is InChI=1S/C61H47NO/c1-60(2)53-24-8-6-20-49(53)51-23-13-22-46(58(51)60)40-27-30-42(31-28-40)62(44-32-34-50-48-19-7-9-25-54(48)61(55(50)38-44)35-10-3-11-36-61)43-17-12-16-41(37-43)45-21-14-26-56-57(45)52-33-29-39-15-4-5-18-47(39)59(52)63-56/h4-9,12-34,37-38H,3,10-11,35-36H2,1-2H3. The fourth-order valence-electron chi connectivity index (χ4n) is 12.2. The van der Waals surface area contributed by atoms with Crippen LogP contribution in [-0.4, -0.2) is 0 Å². The molecule has 0 saturated heterocycles. The predicted molar refractivity (Wildman–Crippen MR) is 264 cm³/mol. The third-order valence-corrected chi connectivity index (χ3v) is 15.0. The second-order valence-corrected chi connectivity index (χ2v) is 18.7. The lowest BCUT2D eigenvalue weighted by molar-refractivity contribution is 0.353. The molecule has 63 heavy (non-hydrogen) atoms. The van der Waals surface area contributed by atoms with Gasteiger partial charge in [0.25, 0.3) is 0 Å². The van der Waals surface area contributed by atoms with Crippen LogP contribution in [-0.2, 0) is 10.8 Å². The van der Waals surface area contributed by atoms with Gasteiger partial charge in [0.1, 0.15) is 11.2 Å². The van der Waals surface area contributed by atoms with Crippen molar-refractivity contribution in [3.63, 3.8) is 0 Å². The van der Waals surface area contributed by atoms with Crippen molar-refractivity contribution in [1.82, 2.24) is 0 Å². The summed E-state index contributed by atoms with van der Waals surface area (Å²) in [5.74, 6) is 0. The van der Waals surface area contributed by atoms with Gasteiger partial charge in [-0.15, -0.1) is 0 Å². The van der Waals surface area contributed by atoms with Crippen LogP contribution in [0.25, 0.3) is 77.2 Å². The molecule has 1 saturated carbocycles. The predicted octanol–water partition coefficient (Wildman–Crippen LogP) is 17.1. The van der Waals surface area contributed by atoms with Gasteiger partial charge in [0, 0.05) is 44.1 Å². The van der Waals surface area contributed by atoms with Crippen molar-refractivity contribution in [3.05, 3.63) is 210 Å². The quantitative estimate of drug-likeness (QED) is 0.172. The maximum absolute atomic E-state index is 6.66. The molecule has 0 unspecified atom stereocenters. The molecule has 10 aromatic rings. The number of nitrogens with zero attached hydrogens (tertiary/aromatic N) is 1. The molecule has 0 N–H and O–H groups in total. The molecule has 1 fully saturated rings. The van der Waals surface area contributed by atoms with E-state index in [-0.39, 0.29) is 10.8 Å². The third kappa shape index (κ3) is 5.31. The highest BCUT2D eigenvalue weighted by molar-refractivity contribution is 6.19. The van der Waals surface area contributed by atoms with Crippen LogP contribution in [0, 0.1) is 0 Å². The van der Waals surface area contributed by atoms with E-state index in [0.717, 1.165) is 44.3 Å². The maximum Gasteiger partial charge on any atom is 0.143 e. The zero-order valence-electron chi connectivity index (χ0n) is 35.8. The molecule has 0 bridgehead atoms. The fourth-order valence-corrected chi connectivity index (χ4v) is 12.2. The van der Waals surface area contributed by atoms with Crippen molar-refractivity contribution < 1.29 is 4.42 Å². The summed E-state index contributed by atoms with van der Waals surface area (Å²) in [6.45, 7) is 4.76. The average molecular weight is 810 g/mol. The fraction of sp³-hybridized carbons (Fsp3) is 0.148. The highest BCUT2D eigenvalue weighted by Crippen LogP contribution is 2.57. The first-order valence-corrected chi connectivity index (χ1v) is 22.8. The van der Waals surface area contributed by atoms with Gasteiger partial charge in [0.15, 0.2) is 0 Å². The van der Waals surface area contributed by atoms with Gasteiger partial charge in [0.05, 0.1) is 0 Å². The van der Waals surface area contributed by atoms with E-state index in [1.807, 2.05) is 0 Å². The lowest BCUT2D eigenvalue weighted by Crippen LogP contribution is -2.28. The smallest absolute Gasteiger partial charge is 0.143 e. The topological polar surface area (TPSA) is 16.4 Å². The van der Waals surface area contributed by atoms with E-state index in [1.165, 1.54) is 104 Å². The van der Waals surface area contributed by atoms with Crippen LogP contribution in [0.15, 0.2) is 192 Å². The average Bonchev–Trinajstić information content (AvgIpc) is 3.93. The zero-order valence-corrected chi connectivity index (χ0v) is 35.8. The Morgan fingerprint density at radius 1 is 0.429 bits per heavy atom. The molecule has 0 radical (unpaired) electrons. The first kappa shape index (κ1) is 36.5. The second-order valence-electron chi connectivity index (χ2n) is 18.7. The summed E-state index contributed by atoms with van der Waals surface area (Å²) in [7, 11) is 0. The molecule has 3 aliphatic carbocycles. The van der Waals surface area contributed by atoms with Crippen molar-refractivity contribution in [2.75, 3.05) is 4.90 Å². The van der Waals surface area contributed by atoms with E-state index >= 15 is 0 Å². The van der Waals surface area contributed by atoms with Crippen molar-refractivity contribution in [1.29, 1.82) is 0 Å². The molecule has 1 heterocycles. The largest absolute Gasteiger partial charge is 0.455 e. The molecular weight excluding hydrogens is 763 g/mol. The molecule has 13 rings (SSSR count). The minimum Gasteiger partial charge on any atom is -0.455 e. The van der Waals surface area contributed by atoms with E-state index in [9.17, 15) is 0 Å². The lowest BCUT2D eigenvalue weighted by atomic mass is 9.68. The van der Waals surface area contributed by atoms with Gasteiger partial charge in [-0.2, -0.15) is 0 Å². The zero-order chi connectivity index (χ0) is 41.9. The summed E-state index contributed by atoms with van der Waals surface area (Å²) < 4.78 is 6.66. The van der Waals surface area contributed by atoms with Crippen LogP contribution < -0.4 is 4.90 Å². The van der Waals surface area contributed by atoms with Crippen LogP contribution in [0.5, 0.6) is 0 Å². The monoisotopic (exact) mass is 809 g/mol. The van der Waals surface area contributed by atoms with Crippen molar-refractivity contribution in [2.45, 2.75) is 56.8 Å². The molecule has 302 valence electrons. The van der Waals surface area contributed by atoms with Crippen LogP contribution in [0.2, 0.25) is 0 Å². The number of hydrogen-bond acceptors (Lipinski definition) is 2. The van der Waals surface area contributed by atoms with Crippen LogP contribution >= 0.6 is 0 Å². The van der Waals surface area contributed by atoms with Gasteiger partial charge in [-0.25, -0.2) is 0 Å². The number of benzene rings is 9. The normalized spacial score (nSPS) is 15.4. The van der Waals surface area contributed by atoms with Crippen molar-refractivity contribution >= 4 is 49.8 Å². The Balaban J connectivity index is 0.980. The Morgan fingerprint density at radius 2 is 1.08 bits per heavy atom. The number of fused-ring (bicyclic) bond motifs is 13. The molecule has 1 spiro atoms. The summed E-state index contributed by atoms with van der Waals surface area (Å²) in [5, 5.41) is 4.63. The lowest BCUT2D eigenvalue weighted by Gasteiger charge is -2.36. The number of rotatable bonds is 5. The highest BCUT2D eigenvalue weighted by atomic mass is 16.3. The summed E-state index contributed by atoms with van der Waals surface area (Å²) in [5.41, 5.74) is 21.5. The SMILES string of the molecule is CC1(C)c2ccccc2-c2cccc(-c3ccc(N(c4cccc(-c5cccc6oc7c8ccccc8ccc7c56)c4)c4ccc5c(c4)C4(CCCCC4)c4ccccc4-5)cc3)c21. The minimum absolute atomic E-state index is 0.0534. The van der Waals surface area contributed by atoms with Crippen molar-refractivity contribution in [3.8, 4) is 44.5 Å². The van der Waals surface area contributed by atoms with E-state index in [2.05, 4.69) is 207 Å². The minimum atomic E-state index is -0.0962. The highest BCUT2D eigenvalue weighted by Gasteiger charge is 2.44. The molecule has 0 amide bonds. The van der Waals surface area contributed by atoms with Gasteiger partial charge in [-0.1, -0.05) is 173 Å². The molecule has 0 aliphatic heterocycles. The first-order chi connectivity index (χ1) is 31.0. The summed E-state index contributed by atoms with van der Waals surface area (Å²) >= 11 is 0. The van der Waals surface area contributed by atoms with Crippen LogP contribution in [0.4, 0.5) is 17.1 Å². The van der Waals surface area contributed by atoms with E-state index < -0.39 is 0 Å². The summed E-state index contributed by atoms with van der Waals surface area (Å²) in [4.78, 5) is 2.49. The summed E-state index contributed by atoms with van der Waals surface area (Å²) in [6, 6.07) is 70.3. The Labute approximate surface area is 369 Å². The molecule has 9 aromatic carbocycles. The maximum atomic E-state index is 6.66.